The molecule has 1 amide bonds. The summed E-state index contributed by atoms with van der Waals surface area (Å²) in [5, 5.41) is 8.57. The number of amides is 1. The van der Waals surface area contributed by atoms with Crippen molar-refractivity contribution < 1.29 is 9.32 Å². The van der Waals surface area contributed by atoms with Crippen LogP contribution in [0.15, 0.2) is 10.7 Å². The summed E-state index contributed by atoms with van der Waals surface area (Å²) in [5.41, 5.74) is 0. The maximum atomic E-state index is 11.8. The molecule has 2 aromatic heterocycles. The summed E-state index contributed by atoms with van der Waals surface area (Å²) in [4.78, 5) is 20.3. The molecule has 21 heavy (non-hydrogen) atoms. The molecule has 0 saturated heterocycles. The minimum atomic E-state index is -0.0562. The second kappa shape index (κ2) is 6.34. The lowest BCUT2D eigenvalue weighted by molar-refractivity contribution is -0.116. The number of aryl methyl sites for hydroxylation is 2. The van der Waals surface area contributed by atoms with Gasteiger partial charge in [0.05, 0.1) is 11.2 Å². The minimum absolute atomic E-state index is 0.0562. The van der Waals surface area contributed by atoms with Gasteiger partial charge in [-0.15, -0.1) is 11.3 Å². The van der Waals surface area contributed by atoms with E-state index in [0.717, 1.165) is 28.7 Å². The Morgan fingerprint density at radius 2 is 2.29 bits per heavy atom. The fourth-order valence-corrected chi connectivity index (χ4v) is 3.25. The third-order valence-corrected chi connectivity index (χ3v) is 4.48. The lowest BCUT2D eigenvalue weighted by Gasteiger charge is -2.00. The quantitative estimate of drug-likeness (QED) is 0.918. The van der Waals surface area contributed by atoms with Crippen LogP contribution < -0.4 is 5.32 Å². The van der Waals surface area contributed by atoms with Crippen LogP contribution in [0.1, 0.15) is 54.7 Å². The summed E-state index contributed by atoms with van der Waals surface area (Å²) in [5.74, 6) is 1.74. The first-order valence-electron chi connectivity index (χ1n) is 7.25. The summed E-state index contributed by atoms with van der Waals surface area (Å²) >= 11 is 1.46. The van der Waals surface area contributed by atoms with E-state index in [-0.39, 0.29) is 5.91 Å². The number of carbonyl (C=O) groups excluding carboxylic acids is 1. The Labute approximate surface area is 127 Å². The van der Waals surface area contributed by atoms with E-state index < -0.39 is 0 Å². The predicted octanol–water partition coefficient (Wildman–Crippen LogP) is 3.06. The van der Waals surface area contributed by atoms with E-state index in [0.29, 0.717) is 24.7 Å². The Hall–Kier alpha value is -1.76. The lowest BCUT2D eigenvalue weighted by Crippen LogP contribution is -2.11. The number of nitrogens with zero attached hydrogens (tertiary/aromatic N) is 3. The molecule has 1 saturated carbocycles. The molecule has 2 aromatic rings. The number of aromatic nitrogens is 3. The average molecular weight is 306 g/mol. The first-order chi connectivity index (χ1) is 10.2. The number of thiazole rings is 1. The molecule has 2 heterocycles. The average Bonchev–Trinajstić information content (AvgIpc) is 3.17. The van der Waals surface area contributed by atoms with Crippen molar-refractivity contribution in [3.05, 3.63) is 22.9 Å². The van der Waals surface area contributed by atoms with Gasteiger partial charge in [0.15, 0.2) is 5.82 Å². The standard InChI is InChI=1S/C14H18N4O2S/c1-9-15-8-13(21-9)16-11(19)6-7-12-17-14(18-20-12)10-4-2-3-5-10/h8,10H,2-7H2,1H3,(H,16,19). The predicted molar refractivity (Wildman–Crippen MR) is 79.3 cm³/mol. The van der Waals surface area contributed by atoms with Crippen LogP contribution in [0.3, 0.4) is 0 Å². The van der Waals surface area contributed by atoms with Crippen molar-refractivity contribution in [2.24, 2.45) is 0 Å². The van der Waals surface area contributed by atoms with Crippen molar-refractivity contribution in [1.82, 2.24) is 15.1 Å². The van der Waals surface area contributed by atoms with E-state index in [4.69, 9.17) is 4.52 Å². The molecule has 7 heteroatoms. The van der Waals surface area contributed by atoms with Crippen LogP contribution in [0.4, 0.5) is 5.00 Å². The Morgan fingerprint density at radius 3 is 3.00 bits per heavy atom. The molecular weight excluding hydrogens is 288 g/mol. The highest BCUT2D eigenvalue weighted by Crippen LogP contribution is 2.32. The molecule has 0 unspecified atom stereocenters. The highest BCUT2D eigenvalue weighted by Gasteiger charge is 2.22. The van der Waals surface area contributed by atoms with Crippen LogP contribution in [0.25, 0.3) is 0 Å². The van der Waals surface area contributed by atoms with Crippen molar-refractivity contribution >= 4 is 22.2 Å². The van der Waals surface area contributed by atoms with Crippen LogP contribution >= 0.6 is 11.3 Å². The second-order valence-electron chi connectivity index (χ2n) is 5.32. The van der Waals surface area contributed by atoms with Gasteiger partial charge in [-0.05, 0) is 19.8 Å². The molecule has 112 valence electrons. The SMILES string of the molecule is Cc1ncc(NC(=O)CCc2nc(C3CCCC3)no2)s1. The molecule has 0 atom stereocenters. The summed E-state index contributed by atoms with van der Waals surface area (Å²) in [6.45, 7) is 1.91. The van der Waals surface area contributed by atoms with Crippen LogP contribution in [0.5, 0.6) is 0 Å². The normalized spacial score (nSPS) is 15.5. The number of hydrogen-bond donors (Lipinski definition) is 1. The zero-order valence-electron chi connectivity index (χ0n) is 12.0. The molecule has 1 aliphatic rings. The largest absolute Gasteiger partial charge is 0.339 e. The summed E-state index contributed by atoms with van der Waals surface area (Å²) in [6, 6.07) is 0. The van der Waals surface area contributed by atoms with Gasteiger partial charge in [-0.25, -0.2) is 4.98 Å². The topological polar surface area (TPSA) is 80.9 Å². The summed E-state index contributed by atoms with van der Waals surface area (Å²) in [6.07, 6.45) is 7.25. The van der Waals surface area contributed by atoms with Crippen LogP contribution in [0, 0.1) is 6.92 Å². The van der Waals surface area contributed by atoms with Crippen molar-refractivity contribution in [2.75, 3.05) is 5.32 Å². The summed E-state index contributed by atoms with van der Waals surface area (Å²) in [7, 11) is 0. The third-order valence-electron chi connectivity index (χ3n) is 3.65. The number of anilines is 1. The molecule has 1 aliphatic carbocycles. The molecule has 6 nitrogen and oxygen atoms in total. The van der Waals surface area contributed by atoms with Gasteiger partial charge in [0.1, 0.15) is 5.00 Å². The molecule has 3 rings (SSSR count). The van der Waals surface area contributed by atoms with E-state index in [2.05, 4.69) is 20.4 Å². The van der Waals surface area contributed by atoms with Gasteiger partial charge in [-0.2, -0.15) is 4.98 Å². The van der Waals surface area contributed by atoms with Crippen molar-refractivity contribution in [1.29, 1.82) is 0 Å². The molecule has 0 radical (unpaired) electrons. The fourth-order valence-electron chi connectivity index (χ4n) is 2.56. The van der Waals surface area contributed by atoms with E-state index in [9.17, 15) is 4.79 Å². The minimum Gasteiger partial charge on any atom is -0.339 e. The molecule has 0 bridgehead atoms. The maximum Gasteiger partial charge on any atom is 0.227 e. The highest BCUT2D eigenvalue weighted by molar-refractivity contribution is 7.15. The van der Waals surface area contributed by atoms with Gasteiger partial charge in [-0.1, -0.05) is 18.0 Å². The van der Waals surface area contributed by atoms with Gasteiger partial charge >= 0.3 is 0 Å². The maximum absolute atomic E-state index is 11.8. The van der Waals surface area contributed by atoms with Crippen LogP contribution in [-0.4, -0.2) is 21.0 Å². The van der Waals surface area contributed by atoms with E-state index >= 15 is 0 Å². The molecule has 1 N–H and O–H groups in total. The fraction of sp³-hybridized carbons (Fsp3) is 0.571. The summed E-state index contributed by atoms with van der Waals surface area (Å²) < 4.78 is 5.23. The first-order valence-corrected chi connectivity index (χ1v) is 8.07. The van der Waals surface area contributed by atoms with Crippen LogP contribution in [-0.2, 0) is 11.2 Å². The van der Waals surface area contributed by atoms with Crippen molar-refractivity contribution in [3.63, 3.8) is 0 Å². The highest BCUT2D eigenvalue weighted by atomic mass is 32.1. The monoisotopic (exact) mass is 306 g/mol. The van der Waals surface area contributed by atoms with Gasteiger partial charge in [0, 0.05) is 18.8 Å². The van der Waals surface area contributed by atoms with Crippen molar-refractivity contribution in [2.45, 2.75) is 51.4 Å². The molecule has 1 fully saturated rings. The Bertz CT molecular complexity index is 616. The number of carbonyl (C=O) groups is 1. The smallest absolute Gasteiger partial charge is 0.227 e. The van der Waals surface area contributed by atoms with Gasteiger partial charge in [0.25, 0.3) is 0 Å². The lowest BCUT2D eigenvalue weighted by atomic mass is 10.1. The molecule has 0 aromatic carbocycles. The second-order valence-corrected chi connectivity index (χ2v) is 6.55. The Morgan fingerprint density at radius 1 is 1.48 bits per heavy atom. The van der Waals surface area contributed by atoms with E-state index in [1.54, 1.807) is 6.20 Å². The van der Waals surface area contributed by atoms with Gasteiger partial charge in [-0.3, -0.25) is 4.79 Å². The van der Waals surface area contributed by atoms with Crippen molar-refractivity contribution in [3.8, 4) is 0 Å². The Kier molecular flexibility index (Phi) is 4.28. The molecular formula is C14H18N4O2S. The number of rotatable bonds is 5. The van der Waals surface area contributed by atoms with Gasteiger partial charge in [0.2, 0.25) is 11.8 Å². The first kappa shape index (κ1) is 14.2. The zero-order valence-corrected chi connectivity index (χ0v) is 12.8. The van der Waals surface area contributed by atoms with Gasteiger partial charge < -0.3 is 9.84 Å². The third kappa shape index (κ3) is 3.66. The molecule has 0 spiro atoms. The zero-order chi connectivity index (χ0) is 14.7. The van der Waals surface area contributed by atoms with E-state index in [1.807, 2.05) is 6.92 Å². The number of hydrogen-bond acceptors (Lipinski definition) is 6. The van der Waals surface area contributed by atoms with Crippen LogP contribution in [0.2, 0.25) is 0 Å². The molecule has 0 aliphatic heterocycles. The van der Waals surface area contributed by atoms with E-state index in [1.165, 1.54) is 24.2 Å². The Balaban J connectivity index is 1.49. The number of nitrogens with one attached hydrogen (secondary N) is 1.